The zero-order valence-electron chi connectivity index (χ0n) is 15.4. The monoisotopic (exact) mass is 380 g/mol. The molecule has 7 heteroatoms. The highest BCUT2D eigenvalue weighted by Crippen LogP contribution is 2.24. The van der Waals surface area contributed by atoms with Gasteiger partial charge in [0.05, 0.1) is 31.3 Å². The Labute approximate surface area is 162 Å². The topological polar surface area (TPSA) is 99.9 Å². The van der Waals surface area contributed by atoms with Gasteiger partial charge in [-0.1, -0.05) is 12.1 Å². The summed E-state index contributed by atoms with van der Waals surface area (Å²) in [7, 11) is 0. The number of nitrogens with zero attached hydrogens (tertiary/aromatic N) is 2. The largest absolute Gasteiger partial charge is 0.480 e. The number of carboxylic acid groups (broad SMARTS) is 1. The van der Waals surface area contributed by atoms with Crippen LogP contribution >= 0.6 is 0 Å². The molecule has 0 aromatic heterocycles. The molecule has 3 rings (SSSR count). The molecule has 1 saturated heterocycles. The lowest BCUT2D eigenvalue weighted by Gasteiger charge is -2.32. The first kappa shape index (κ1) is 19.4. The smallest absolute Gasteiger partial charge is 0.328 e. The van der Waals surface area contributed by atoms with Crippen molar-refractivity contribution in [3.05, 3.63) is 59.2 Å². The molecule has 0 bridgehead atoms. The van der Waals surface area contributed by atoms with Gasteiger partial charge < -0.3 is 19.5 Å². The lowest BCUT2D eigenvalue weighted by Crippen LogP contribution is -2.53. The Kier molecular flexibility index (Phi) is 5.92. The molecule has 0 spiro atoms. The maximum atomic E-state index is 12.5. The van der Waals surface area contributed by atoms with Crippen LogP contribution in [0.5, 0.6) is 11.5 Å². The van der Waals surface area contributed by atoms with Gasteiger partial charge in [0.25, 0.3) is 0 Å². The van der Waals surface area contributed by atoms with Gasteiger partial charge in [0, 0.05) is 6.54 Å². The minimum atomic E-state index is -1.06. The molecule has 1 aliphatic rings. The van der Waals surface area contributed by atoms with Crippen molar-refractivity contribution >= 4 is 11.9 Å². The lowest BCUT2D eigenvalue weighted by atomic mass is 10.1. The Balaban J connectivity index is 1.64. The van der Waals surface area contributed by atoms with Crippen molar-refractivity contribution in [2.75, 3.05) is 19.8 Å². The van der Waals surface area contributed by atoms with E-state index in [4.69, 9.17) is 14.7 Å². The van der Waals surface area contributed by atoms with Crippen molar-refractivity contribution in [3.8, 4) is 17.6 Å². The molecular weight excluding hydrogens is 360 g/mol. The highest BCUT2D eigenvalue weighted by Gasteiger charge is 2.32. The van der Waals surface area contributed by atoms with Crippen LogP contribution in [0, 0.1) is 18.3 Å². The van der Waals surface area contributed by atoms with E-state index < -0.39 is 12.0 Å². The number of carboxylic acids is 1. The van der Waals surface area contributed by atoms with Crippen molar-refractivity contribution in [1.82, 2.24) is 4.90 Å². The number of amides is 1. The van der Waals surface area contributed by atoms with Gasteiger partial charge in [-0.25, -0.2) is 4.79 Å². The summed E-state index contributed by atoms with van der Waals surface area (Å²) in [6.45, 7) is 2.47. The molecule has 0 radical (unpaired) electrons. The highest BCUT2D eigenvalue weighted by molar-refractivity contribution is 5.85. The molecule has 1 amide bonds. The van der Waals surface area contributed by atoms with Crippen LogP contribution in [0.15, 0.2) is 42.5 Å². The number of aryl methyl sites for hydroxylation is 1. The Morgan fingerprint density at radius 3 is 2.61 bits per heavy atom. The zero-order valence-corrected chi connectivity index (χ0v) is 15.4. The number of aliphatic carboxylic acids is 1. The Hall–Kier alpha value is -3.37. The van der Waals surface area contributed by atoms with E-state index in [-0.39, 0.29) is 25.5 Å². The SMILES string of the molecule is Cc1cc(Oc2ccc(CC(=O)N3CCOC[C@H]3C(=O)O)cc2)ccc1C#N. The molecule has 2 aromatic rings. The van der Waals surface area contributed by atoms with Crippen LogP contribution in [-0.4, -0.2) is 47.7 Å². The van der Waals surface area contributed by atoms with Gasteiger partial charge in [-0.15, -0.1) is 0 Å². The van der Waals surface area contributed by atoms with Crippen LogP contribution in [0.1, 0.15) is 16.7 Å². The number of carbonyl (C=O) groups is 2. The van der Waals surface area contributed by atoms with E-state index in [1.54, 1.807) is 42.5 Å². The molecule has 1 atom stereocenters. The molecule has 0 saturated carbocycles. The number of hydrogen-bond acceptors (Lipinski definition) is 5. The van der Waals surface area contributed by atoms with Crippen molar-refractivity contribution < 1.29 is 24.2 Å². The number of ether oxygens (including phenoxy) is 2. The molecule has 1 N–H and O–H groups in total. The van der Waals surface area contributed by atoms with Crippen LogP contribution in [0.4, 0.5) is 0 Å². The summed E-state index contributed by atoms with van der Waals surface area (Å²) in [5.41, 5.74) is 2.20. The van der Waals surface area contributed by atoms with Crippen LogP contribution in [0.3, 0.4) is 0 Å². The fourth-order valence-electron chi connectivity index (χ4n) is 3.02. The molecule has 0 aliphatic carbocycles. The number of nitriles is 1. The number of rotatable bonds is 5. The second kappa shape index (κ2) is 8.55. The van der Waals surface area contributed by atoms with Gasteiger partial charge in [0.2, 0.25) is 5.91 Å². The van der Waals surface area contributed by atoms with Gasteiger partial charge >= 0.3 is 5.97 Å². The Morgan fingerprint density at radius 1 is 1.25 bits per heavy atom. The summed E-state index contributed by atoms with van der Waals surface area (Å²) in [6.07, 6.45) is 0.111. The predicted octanol–water partition coefficient (Wildman–Crippen LogP) is 2.51. The third-order valence-corrected chi connectivity index (χ3v) is 4.57. The van der Waals surface area contributed by atoms with Gasteiger partial charge in [0.1, 0.15) is 11.5 Å². The minimum absolute atomic E-state index is 0.0118. The summed E-state index contributed by atoms with van der Waals surface area (Å²) in [5.74, 6) is -0.0744. The molecular formula is C21H20N2O5. The predicted molar refractivity (Wildman–Crippen MR) is 100 cm³/mol. The van der Waals surface area contributed by atoms with Crippen molar-refractivity contribution in [2.45, 2.75) is 19.4 Å². The van der Waals surface area contributed by atoms with Gasteiger partial charge in [0.15, 0.2) is 6.04 Å². The fraction of sp³-hybridized carbons (Fsp3) is 0.286. The van der Waals surface area contributed by atoms with Crippen molar-refractivity contribution in [3.63, 3.8) is 0 Å². The van der Waals surface area contributed by atoms with E-state index >= 15 is 0 Å². The highest BCUT2D eigenvalue weighted by atomic mass is 16.5. The summed E-state index contributed by atoms with van der Waals surface area (Å²) in [5, 5.41) is 18.2. The standard InChI is InChI=1S/C21H20N2O5/c1-14-10-18(7-4-16(14)12-22)28-17-5-2-15(3-6-17)11-20(24)23-8-9-27-13-19(23)21(25)26/h2-7,10,19H,8-9,11,13H2,1H3,(H,25,26)/t19-/m0/s1. The third-order valence-electron chi connectivity index (χ3n) is 4.57. The summed E-state index contributed by atoms with van der Waals surface area (Å²) in [6, 6.07) is 13.5. The second-order valence-corrected chi connectivity index (χ2v) is 6.53. The average molecular weight is 380 g/mol. The van der Waals surface area contributed by atoms with E-state index in [1.165, 1.54) is 4.90 Å². The van der Waals surface area contributed by atoms with E-state index in [9.17, 15) is 14.7 Å². The quantitative estimate of drug-likeness (QED) is 0.856. The van der Waals surface area contributed by atoms with E-state index in [1.807, 2.05) is 6.92 Å². The number of hydrogen-bond donors (Lipinski definition) is 1. The first-order valence-corrected chi connectivity index (χ1v) is 8.85. The fourth-order valence-corrected chi connectivity index (χ4v) is 3.02. The van der Waals surface area contributed by atoms with Crippen molar-refractivity contribution in [2.24, 2.45) is 0 Å². The van der Waals surface area contributed by atoms with E-state index in [2.05, 4.69) is 6.07 Å². The van der Waals surface area contributed by atoms with Crippen LogP contribution in [0.2, 0.25) is 0 Å². The Morgan fingerprint density at radius 2 is 1.96 bits per heavy atom. The number of morpholine rings is 1. The molecule has 1 fully saturated rings. The molecule has 0 unspecified atom stereocenters. The van der Waals surface area contributed by atoms with Gasteiger partial charge in [-0.05, 0) is 48.4 Å². The molecule has 2 aromatic carbocycles. The number of carbonyl (C=O) groups excluding carboxylic acids is 1. The van der Waals surface area contributed by atoms with E-state index in [0.29, 0.717) is 23.7 Å². The van der Waals surface area contributed by atoms with Crippen molar-refractivity contribution in [1.29, 1.82) is 5.26 Å². The average Bonchev–Trinajstić information content (AvgIpc) is 2.69. The summed E-state index contributed by atoms with van der Waals surface area (Å²) < 4.78 is 10.9. The molecule has 28 heavy (non-hydrogen) atoms. The van der Waals surface area contributed by atoms with E-state index in [0.717, 1.165) is 11.1 Å². The third kappa shape index (κ3) is 4.48. The summed E-state index contributed by atoms with van der Waals surface area (Å²) >= 11 is 0. The normalized spacial score (nSPS) is 16.3. The van der Waals surface area contributed by atoms with Crippen LogP contribution < -0.4 is 4.74 Å². The van der Waals surface area contributed by atoms with Gasteiger partial charge in [-0.2, -0.15) is 5.26 Å². The first-order chi connectivity index (χ1) is 13.5. The number of benzene rings is 2. The van der Waals surface area contributed by atoms with Gasteiger partial charge in [-0.3, -0.25) is 4.79 Å². The van der Waals surface area contributed by atoms with Crippen LogP contribution in [-0.2, 0) is 20.7 Å². The molecule has 144 valence electrons. The molecule has 7 nitrogen and oxygen atoms in total. The minimum Gasteiger partial charge on any atom is -0.480 e. The maximum Gasteiger partial charge on any atom is 0.328 e. The zero-order chi connectivity index (χ0) is 20.1. The van der Waals surface area contributed by atoms with Crippen LogP contribution in [0.25, 0.3) is 0 Å². The molecule has 1 aliphatic heterocycles. The second-order valence-electron chi connectivity index (χ2n) is 6.53. The summed E-state index contributed by atoms with van der Waals surface area (Å²) in [4.78, 5) is 25.2. The Bertz CT molecular complexity index is 917. The molecule has 1 heterocycles. The maximum absolute atomic E-state index is 12.5. The first-order valence-electron chi connectivity index (χ1n) is 8.85. The lowest BCUT2D eigenvalue weighted by molar-refractivity contribution is -0.158.